The summed E-state index contributed by atoms with van der Waals surface area (Å²) in [4.78, 5) is 18.8. The highest BCUT2D eigenvalue weighted by Gasteiger charge is 2.30. The van der Waals surface area contributed by atoms with Gasteiger partial charge in [0.05, 0.1) is 11.6 Å². The Morgan fingerprint density at radius 2 is 2.00 bits per heavy atom. The third kappa shape index (κ3) is 4.51. The van der Waals surface area contributed by atoms with Gasteiger partial charge >= 0.3 is 0 Å². The van der Waals surface area contributed by atoms with Gasteiger partial charge < -0.3 is 10.0 Å². The van der Waals surface area contributed by atoms with E-state index in [9.17, 15) is 9.90 Å². The Morgan fingerprint density at radius 1 is 1.19 bits per heavy atom. The van der Waals surface area contributed by atoms with Gasteiger partial charge in [-0.15, -0.1) is 0 Å². The van der Waals surface area contributed by atoms with E-state index >= 15 is 0 Å². The molecule has 3 aromatic rings. The highest BCUT2D eigenvalue weighted by Crippen LogP contribution is 2.35. The van der Waals surface area contributed by atoms with Gasteiger partial charge in [0, 0.05) is 25.2 Å². The second-order valence-electron chi connectivity index (χ2n) is 8.41. The lowest BCUT2D eigenvalue weighted by atomic mass is 9.88. The molecular formula is C26H27ClN2O2. The number of benzene rings is 2. The summed E-state index contributed by atoms with van der Waals surface area (Å²) in [6.07, 6.45) is 2.37. The van der Waals surface area contributed by atoms with Crippen molar-refractivity contribution in [2.45, 2.75) is 38.7 Å². The van der Waals surface area contributed by atoms with Crippen molar-refractivity contribution in [1.82, 2.24) is 9.88 Å². The Kier molecular flexibility index (Phi) is 6.40. The van der Waals surface area contributed by atoms with Crippen molar-refractivity contribution in [2.24, 2.45) is 0 Å². The summed E-state index contributed by atoms with van der Waals surface area (Å²) in [6.45, 7) is 5.67. The Hall–Kier alpha value is -2.69. The van der Waals surface area contributed by atoms with E-state index in [1.54, 1.807) is 12.1 Å². The van der Waals surface area contributed by atoms with E-state index in [-0.39, 0.29) is 18.4 Å². The second kappa shape index (κ2) is 9.21. The Bertz CT molecular complexity index is 1080. The summed E-state index contributed by atoms with van der Waals surface area (Å²) in [5.41, 5.74) is 6.08. The number of hydrogen-bond donors (Lipinski definition) is 1. The average Bonchev–Trinajstić information content (AvgIpc) is 3.28. The third-order valence-corrected chi connectivity index (χ3v) is 6.29. The first kappa shape index (κ1) is 21.5. The van der Waals surface area contributed by atoms with Crippen molar-refractivity contribution in [3.05, 3.63) is 88.2 Å². The van der Waals surface area contributed by atoms with Crippen molar-refractivity contribution in [3.63, 3.8) is 0 Å². The molecule has 2 heterocycles. The molecular weight excluding hydrogens is 408 g/mol. The molecule has 1 aliphatic heterocycles. The normalized spacial score (nSPS) is 16.2. The lowest BCUT2D eigenvalue weighted by molar-refractivity contribution is 0.0785. The van der Waals surface area contributed by atoms with Crippen molar-refractivity contribution in [3.8, 4) is 11.1 Å². The number of hydrogen-bond acceptors (Lipinski definition) is 3. The molecule has 1 aromatic heterocycles. The summed E-state index contributed by atoms with van der Waals surface area (Å²) < 4.78 is 0. The summed E-state index contributed by atoms with van der Waals surface area (Å²) in [7, 11) is 0. The van der Waals surface area contributed by atoms with E-state index in [1.807, 2.05) is 4.90 Å². The van der Waals surface area contributed by atoms with Crippen LogP contribution in [0.1, 0.15) is 59.3 Å². The van der Waals surface area contributed by atoms with Crippen LogP contribution < -0.4 is 0 Å². The Balaban J connectivity index is 1.57. The minimum absolute atomic E-state index is 0.0177. The van der Waals surface area contributed by atoms with Crippen LogP contribution in [0.25, 0.3) is 11.1 Å². The SMILES string of the molecule is CC(C)c1ccccc1-c1ccc(C2CCN(C(=O)c3ccc(Cl)cn3)C2)c(CO)c1. The molecule has 1 saturated heterocycles. The molecule has 160 valence electrons. The first-order chi connectivity index (χ1) is 15.0. The molecule has 1 aliphatic rings. The number of carbonyl (C=O) groups is 1. The van der Waals surface area contributed by atoms with Gasteiger partial charge in [0.1, 0.15) is 5.69 Å². The predicted octanol–water partition coefficient (Wildman–Crippen LogP) is 5.65. The van der Waals surface area contributed by atoms with E-state index in [0.717, 1.165) is 23.1 Å². The number of aromatic nitrogens is 1. The fourth-order valence-electron chi connectivity index (χ4n) is 4.43. The van der Waals surface area contributed by atoms with E-state index in [0.29, 0.717) is 29.7 Å². The van der Waals surface area contributed by atoms with Crippen molar-refractivity contribution < 1.29 is 9.90 Å². The molecule has 1 N–H and O–H groups in total. The molecule has 1 fully saturated rings. The molecule has 5 heteroatoms. The molecule has 1 amide bonds. The van der Waals surface area contributed by atoms with Gasteiger partial charge in [-0.25, -0.2) is 4.98 Å². The molecule has 1 unspecified atom stereocenters. The summed E-state index contributed by atoms with van der Waals surface area (Å²) in [5.74, 6) is 0.546. The molecule has 0 bridgehead atoms. The first-order valence-electron chi connectivity index (χ1n) is 10.7. The van der Waals surface area contributed by atoms with Gasteiger partial charge in [0.15, 0.2) is 0 Å². The molecule has 0 radical (unpaired) electrons. The number of halogens is 1. The number of rotatable bonds is 5. The quantitative estimate of drug-likeness (QED) is 0.564. The standard InChI is InChI=1S/C26H27ClN2O2/c1-17(2)22-5-3-4-6-24(22)18-7-9-23(20(13-18)16-30)19-11-12-29(15-19)26(31)25-10-8-21(27)14-28-25/h3-10,13-14,17,19,30H,11-12,15-16H2,1-2H3. The smallest absolute Gasteiger partial charge is 0.272 e. The number of pyridine rings is 1. The van der Waals surface area contributed by atoms with Crippen LogP contribution in [0.2, 0.25) is 5.02 Å². The van der Waals surface area contributed by atoms with Crippen molar-refractivity contribution in [1.29, 1.82) is 0 Å². The van der Waals surface area contributed by atoms with Gasteiger partial charge in [0.25, 0.3) is 5.91 Å². The Morgan fingerprint density at radius 3 is 2.71 bits per heavy atom. The number of aliphatic hydroxyl groups excluding tert-OH is 1. The minimum Gasteiger partial charge on any atom is -0.392 e. The zero-order chi connectivity index (χ0) is 22.0. The number of nitrogens with zero attached hydrogens (tertiary/aromatic N) is 2. The van der Waals surface area contributed by atoms with Crippen LogP contribution in [0, 0.1) is 0 Å². The maximum absolute atomic E-state index is 12.8. The maximum Gasteiger partial charge on any atom is 0.272 e. The van der Waals surface area contributed by atoms with E-state index in [4.69, 9.17) is 11.6 Å². The highest BCUT2D eigenvalue weighted by atomic mass is 35.5. The van der Waals surface area contributed by atoms with Crippen LogP contribution in [0.3, 0.4) is 0 Å². The minimum atomic E-state index is -0.0767. The summed E-state index contributed by atoms with van der Waals surface area (Å²) in [5, 5.41) is 10.6. The number of amides is 1. The van der Waals surface area contributed by atoms with Crippen LogP contribution >= 0.6 is 11.6 Å². The van der Waals surface area contributed by atoms with Gasteiger partial charge in [0.2, 0.25) is 0 Å². The lowest BCUT2D eigenvalue weighted by Crippen LogP contribution is -2.29. The van der Waals surface area contributed by atoms with E-state index < -0.39 is 0 Å². The van der Waals surface area contributed by atoms with Gasteiger partial charge in [-0.05, 0) is 58.4 Å². The third-order valence-electron chi connectivity index (χ3n) is 6.07. The number of carbonyl (C=O) groups excluding carboxylic acids is 1. The number of aliphatic hydroxyl groups is 1. The largest absolute Gasteiger partial charge is 0.392 e. The van der Waals surface area contributed by atoms with Gasteiger partial charge in [-0.2, -0.15) is 0 Å². The van der Waals surface area contributed by atoms with Gasteiger partial charge in [-0.3, -0.25) is 4.79 Å². The topological polar surface area (TPSA) is 53.4 Å². The molecule has 0 saturated carbocycles. The van der Waals surface area contributed by atoms with Crippen LogP contribution in [0.4, 0.5) is 0 Å². The average molecular weight is 435 g/mol. The maximum atomic E-state index is 12.8. The van der Waals surface area contributed by atoms with Crippen LogP contribution in [0.5, 0.6) is 0 Å². The predicted molar refractivity (Wildman–Crippen MR) is 124 cm³/mol. The molecule has 0 aliphatic carbocycles. The zero-order valence-corrected chi connectivity index (χ0v) is 18.6. The highest BCUT2D eigenvalue weighted by molar-refractivity contribution is 6.30. The van der Waals surface area contributed by atoms with Crippen LogP contribution in [-0.4, -0.2) is 34.0 Å². The monoisotopic (exact) mass is 434 g/mol. The fraction of sp³-hybridized carbons (Fsp3) is 0.308. The molecule has 4 rings (SSSR count). The van der Waals surface area contributed by atoms with Crippen LogP contribution in [0.15, 0.2) is 60.8 Å². The van der Waals surface area contributed by atoms with E-state index in [1.165, 1.54) is 17.3 Å². The first-order valence-corrected chi connectivity index (χ1v) is 11.1. The molecule has 4 nitrogen and oxygen atoms in total. The van der Waals surface area contributed by atoms with E-state index in [2.05, 4.69) is 61.3 Å². The summed E-state index contributed by atoms with van der Waals surface area (Å²) in [6, 6.07) is 18.1. The summed E-state index contributed by atoms with van der Waals surface area (Å²) >= 11 is 5.89. The van der Waals surface area contributed by atoms with Crippen molar-refractivity contribution in [2.75, 3.05) is 13.1 Å². The van der Waals surface area contributed by atoms with Gasteiger partial charge in [-0.1, -0.05) is 61.8 Å². The molecule has 2 aromatic carbocycles. The Labute approximate surface area is 188 Å². The number of likely N-dealkylation sites (tertiary alicyclic amines) is 1. The lowest BCUT2D eigenvalue weighted by Gasteiger charge is -2.19. The molecule has 1 atom stereocenters. The van der Waals surface area contributed by atoms with Crippen molar-refractivity contribution >= 4 is 17.5 Å². The fourth-order valence-corrected chi connectivity index (χ4v) is 4.55. The van der Waals surface area contributed by atoms with Crippen LogP contribution in [-0.2, 0) is 6.61 Å². The molecule has 0 spiro atoms. The zero-order valence-electron chi connectivity index (χ0n) is 17.9. The molecule has 31 heavy (non-hydrogen) atoms. The second-order valence-corrected chi connectivity index (χ2v) is 8.85.